The van der Waals surface area contributed by atoms with Crippen molar-refractivity contribution >= 4 is 0 Å². The van der Waals surface area contributed by atoms with Crippen molar-refractivity contribution in [3.63, 3.8) is 0 Å². The molecule has 0 radical (unpaired) electrons. The predicted molar refractivity (Wildman–Crippen MR) is 76.5 cm³/mol. The predicted octanol–water partition coefficient (Wildman–Crippen LogP) is 4.19. The minimum Gasteiger partial charge on any atom is -0.314 e. The number of hydrogen-bond acceptors (Lipinski definition) is 1. The maximum atomic E-state index is 13.6. The van der Waals surface area contributed by atoms with E-state index in [0.29, 0.717) is 11.6 Å². The molecule has 0 bridgehead atoms. The van der Waals surface area contributed by atoms with Crippen molar-refractivity contribution in [1.29, 1.82) is 0 Å². The molecule has 0 heterocycles. The fourth-order valence-corrected chi connectivity index (χ4v) is 2.36. The van der Waals surface area contributed by atoms with E-state index < -0.39 is 0 Å². The van der Waals surface area contributed by atoms with Crippen LogP contribution in [0.3, 0.4) is 0 Å². The zero-order chi connectivity index (χ0) is 13.8. The highest BCUT2D eigenvalue weighted by molar-refractivity contribution is 5.29. The molecule has 0 aliphatic carbocycles. The van der Waals surface area contributed by atoms with Crippen LogP contribution in [0.5, 0.6) is 0 Å². The van der Waals surface area contributed by atoms with Crippen LogP contribution >= 0.6 is 0 Å². The average molecular weight is 251 g/mol. The molecule has 2 heteroatoms. The number of rotatable bonds is 6. The largest absolute Gasteiger partial charge is 0.314 e. The summed E-state index contributed by atoms with van der Waals surface area (Å²) in [4.78, 5) is 0. The van der Waals surface area contributed by atoms with E-state index in [9.17, 15) is 4.39 Å². The molecule has 1 atom stereocenters. The molecule has 0 aliphatic heterocycles. The number of halogens is 1. The topological polar surface area (TPSA) is 12.0 Å². The summed E-state index contributed by atoms with van der Waals surface area (Å²) in [6, 6.07) is 6.05. The first-order chi connectivity index (χ1) is 8.36. The van der Waals surface area contributed by atoms with E-state index >= 15 is 0 Å². The van der Waals surface area contributed by atoms with Gasteiger partial charge in [0.15, 0.2) is 0 Å². The molecular weight excluding hydrogens is 225 g/mol. The highest BCUT2D eigenvalue weighted by Crippen LogP contribution is 2.29. The Bertz CT molecular complexity index is 385. The molecule has 0 aliphatic rings. The van der Waals surface area contributed by atoms with E-state index in [1.54, 1.807) is 13.0 Å². The van der Waals surface area contributed by atoms with Gasteiger partial charge < -0.3 is 5.32 Å². The van der Waals surface area contributed by atoms with Gasteiger partial charge in [-0.3, -0.25) is 0 Å². The first kappa shape index (κ1) is 15.2. The third kappa shape index (κ3) is 4.09. The summed E-state index contributed by atoms with van der Waals surface area (Å²) in [6.07, 6.45) is 2.15. The second-order valence-corrected chi connectivity index (χ2v) is 5.91. The lowest BCUT2D eigenvalue weighted by atomic mass is 9.79. The summed E-state index contributed by atoms with van der Waals surface area (Å²) in [5, 5.41) is 3.49. The molecule has 1 N–H and O–H groups in total. The Labute approximate surface area is 111 Å². The molecule has 1 aromatic carbocycles. The van der Waals surface area contributed by atoms with Gasteiger partial charge >= 0.3 is 0 Å². The summed E-state index contributed by atoms with van der Waals surface area (Å²) >= 11 is 0. The zero-order valence-electron chi connectivity index (χ0n) is 12.3. The number of aryl methyl sites for hydroxylation is 1. The molecular formula is C16H26FN. The average Bonchev–Trinajstić information content (AvgIpc) is 2.29. The molecule has 102 valence electrons. The Hall–Kier alpha value is -0.890. The van der Waals surface area contributed by atoms with Crippen LogP contribution in [-0.4, -0.2) is 12.6 Å². The maximum Gasteiger partial charge on any atom is 0.126 e. The van der Waals surface area contributed by atoms with Crippen molar-refractivity contribution in [3.8, 4) is 0 Å². The second kappa shape index (κ2) is 6.33. The molecule has 1 rings (SSSR count). The summed E-state index contributed by atoms with van der Waals surface area (Å²) in [5.41, 5.74) is 1.79. The summed E-state index contributed by atoms with van der Waals surface area (Å²) in [6.45, 7) is 11.6. The monoisotopic (exact) mass is 251 g/mol. The van der Waals surface area contributed by atoms with Crippen molar-refractivity contribution in [3.05, 3.63) is 35.1 Å². The zero-order valence-corrected chi connectivity index (χ0v) is 12.3. The summed E-state index contributed by atoms with van der Waals surface area (Å²) in [7, 11) is 0. The normalized spacial score (nSPS) is 13.7. The minimum atomic E-state index is -0.102. The SMILES string of the molecule is CCCNC(C)CC(C)(C)c1ccc(C)c(F)c1. The van der Waals surface area contributed by atoms with Crippen LogP contribution < -0.4 is 5.32 Å². The van der Waals surface area contributed by atoms with Crippen LogP contribution in [0.1, 0.15) is 51.7 Å². The molecule has 1 aromatic rings. The number of nitrogens with one attached hydrogen (secondary N) is 1. The Morgan fingerprint density at radius 1 is 1.33 bits per heavy atom. The van der Waals surface area contributed by atoms with Gasteiger partial charge in [-0.05, 0) is 55.8 Å². The van der Waals surface area contributed by atoms with E-state index in [4.69, 9.17) is 0 Å². The van der Waals surface area contributed by atoms with Gasteiger partial charge in [0.2, 0.25) is 0 Å². The highest BCUT2D eigenvalue weighted by Gasteiger charge is 2.23. The standard InChI is InChI=1S/C16H26FN/c1-6-9-18-13(3)11-16(4,5)14-8-7-12(2)15(17)10-14/h7-8,10,13,18H,6,9,11H2,1-5H3. The highest BCUT2D eigenvalue weighted by atomic mass is 19.1. The fraction of sp³-hybridized carbons (Fsp3) is 0.625. The van der Waals surface area contributed by atoms with Gasteiger partial charge in [-0.1, -0.05) is 32.9 Å². The number of hydrogen-bond donors (Lipinski definition) is 1. The van der Waals surface area contributed by atoms with Gasteiger partial charge in [-0.2, -0.15) is 0 Å². The van der Waals surface area contributed by atoms with Crippen LogP contribution in [0, 0.1) is 12.7 Å². The van der Waals surface area contributed by atoms with E-state index in [0.717, 1.165) is 24.9 Å². The second-order valence-electron chi connectivity index (χ2n) is 5.91. The summed E-state index contributed by atoms with van der Waals surface area (Å²) in [5.74, 6) is -0.102. The molecule has 0 amide bonds. The summed E-state index contributed by atoms with van der Waals surface area (Å²) < 4.78 is 13.6. The van der Waals surface area contributed by atoms with E-state index in [1.165, 1.54) is 0 Å². The van der Waals surface area contributed by atoms with Gasteiger partial charge in [0.25, 0.3) is 0 Å². The lowest BCUT2D eigenvalue weighted by molar-refractivity contribution is 0.388. The van der Waals surface area contributed by atoms with E-state index in [2.05, 4.69) is 33.0 Å². The maximum absolute atomic E-state index is 13.6. The van der Waals surface area contributed by atoms with E-state index in [-0.39, 0.29) is 11.2 Å². The van der Waals surface area contributed by atoms with Crippen LogP contribution in [0.25, 0.3) is 0 Å². The Balaban J connectivity index is 2.75. The van der Waals surface area contributed by atoms with Gasteiger partial charge in [-0.25, -0.2) is 4.39 Å². The third-order valence-corrected chi connectivity index (χ3v) is 3.51. The Morgan fingerprint density at radius 3 is 2.56 bits per heavy atom. The molecule has 18 heavy (non-hydrogen) atoms. The molecule has 0 saturated heterocycles. The van der Waals surface area contributed by atoms with Crippen LogP contribution in [0.15, 0.2) is 18.2 Å². The van der Waals surface area contributed by atoms with Gasteiger partial charge in [0.1, 0.15) is 5.82 Å². The van der Waals surface area contributed by atoms with Crippen molar-refractivity contribution in [1.82, 2.24) is 5.32 Å². The van der Waals surface area contributed by atoms with Gasteiger partial charge in [0.05, 0.1) is 0 Å². The minimum absolute atomic E-state index is 0.00526. The molecule has 0 saturated carbocycles. The number of benzene rings is 1. The van der Waals surface area contributed by atoms with Crippen LogP contribution in [0.4, 0.5) is 4.39 Å². The first-order valence-electron chi connectivity index (χ1n) is 6.87. The molecule has 0 aromatic heterocycles. The molecule has 0 spiro atoms. The van der Waals surface area contributed by atoms with Crippen molar-refractivity contribution in [2.24, 2.45) is 0 Å². The molecule has 0 fully saturated rings. The molecule has 1 unspecified atom stereocenters. The van der Waals surface area contributed by atoms with Crippen molar-refractivity contribution < 1.29 is 4.39 Å². The molecule has 1 nitrogen and oxygen atoms in total. The Kier molecular flexibility index (Phi) is 5.33. The van der Waals surface area contributed by atoms with Gasteiger partial charge in [0, 0.05) is 6.04 Å². The quantitative estimate of drug-likeness (QED) is 0.799. The first-order valence-corrected chi connectivity index (χ1v) is 6.87. The Morgan fingerprint density at radius 2 is 2.00 bits per heavy atom. The lowest BCUT2D eigenvalue weighted by Gasteiger charge is -2.29. The van der Waals surface area contributed by atoms with Crippen molar-refractivity contribution in [2.45, 2.75) is 58.9 Å². The van der Waals surface area contributed by atoms with E-state index in [1.807, 2.05) is 12.1 Å². The van der Waals surface area contributed by atoms with Gasteiger partial charge in [-0.15, -0.1) is 0 Å². The van der Waals surface area contributed by atoms with Crippen LogP contribution in [-0.2, 0) is 5.41 Å². The lowest BCUT2D eigenvalue weighted by Crippen LogP contribution is -2.33. The smallest absolute Gasteiger partial charge is 0.126 e. The van der Waals surface area contributed by atoms with Crippen LogP contribution in [0.2, 0.25) is 0 Å². The fourth-order valence-electron chi connectivity index (χ4n) is 2.36. The van der Waals surface area contributed by atoms with Crippen molar-refractivity contribution in [2.75, 3.05) is 6.54 Å². The third-order valence-electron chi connectivity index (χ3n) is 3.51.